The molecule has 4 heterocycles. The van der Waals surface area contributed by atoms with E-state index in [0.29, 0.717) is 24.7 Å². The Morgan fingerprint density at radius 3 is 2.92 bits per heavy atom. The van der Waals surface area contributed by atoms with Crippen molar-refractivity contribution >= 4 is 17.2 Å². The molecule has 0 aromatic carbocycles. The number of pyridine rings is 1. The Kier molecular flexibility index (Phi) is 4.31. The number of likely N-dealkylation sites (tertiary alicyclic amines) is 1. The maximum absolute atomic E-state index is 12.5. The third kappa shape index (κ3) is 3.32. The number of rotatable bonds is 4. The molecule has 0 spiro atoms. The monoisotopic (exact) mass is 354 g/mol. The van der Waals surface area contributed by atoms with E-state index in [9.17, 15) is 4.79 Å². The molecule has 25 heavy (non-hydrogen) atoms. The second-order valence-corrected chi connectivity index (χ2v) is 7.16. The van der Waals surface area contributed by atoms with Gasteiger partial charge in [-0.1, -0.05) is 12.1 Å². The Balaban J connectivity index is 1.46. The average molecular weight is 354 g/mol. The Hall–Kier alpha value is -2.54. The molecule has 0 aliphatic carbocycles. The number of aromatic nitrogens is 3. The minimum Gasteiger partial charge on any atom is -0.341 e. The lowest BCUT2D eigenvalue weighted by atomic mass is 9.98. The van der Waals surface area contributed by atoms with Crippen LogP contribution in [0.1, 0.15) is 24.3 Å². The first-order chi connectivity index (χ1) is 12.2. The van der Waals surface area contributed by atoms with Crippen molar-refractivity contribution in [3.63, 3.8) is 0 Å². The molecule has 3 aromatic rings. The highest BCUT2D eigenvalue weighted by Gasteiger charge is 2.36. The number of carbonyl (C=O) groups excluding carboxylic acids is 1. The smallest absolute Gasteiger partial charge is 0.232 e. The van der Waals surface area contributed by atoms with Gasteiger partial charge in [0.1, 0.15) is 0 Å². The molecule has 1 amide bonds. The fourth-order valence-electron chi connectivity index (χ4n) is 3.18. The van der Waals surface area contributed by atoms with E-state index < -0.39 is 0 Å². The molecule has 2 unspecified atom stereocenters. The zero-order valence-corrected chi connectivity index (χ0v) is 14.6. The van der Waals surface area contributed by atoms with Gasteiger partial charge in [0, 0.05) is 31.0 Å². The van der Waals surface area contributed by atoms with Crippen molar-refractivity contribution in [1.29, 1.82) is 0 Å². The summed E-state index contributed by atoms with van der Waals surface area (Å²) in [5.41, 5.74) is 1.95. The van der Waals surface area contributed by atoms with Crippen molar-refractivity contribution in [2.75, 3.05) is 13.1 Å². The van der Waals surface area contributed by atoms with Gasteiger partial charge in [-0.15, -0.1) is 0 Å². The van der Waals surface area contributed by atoms with Crippen LogP contribution in [0.2, 0.25) is 0 Å². The van der Waals surface area contributed by atoms with Gasteiger partial charge in [0.05, 0.1) is 12.3 Å². The molecule has 2 atom stereocenters. The first-order valence-corrected chi connectivity index (χ1v) is 9.18. The largest absolute Gasteiger partial charge is 0.341 e. The van der Waals surface area contributed by atoms with E-state index in [1.165, 1.54) is 0 Å². The third-order valence-electron chi connectivity index (χ3n) is 4.60. The van der Waals surface area contributed by atoms with Crippen LogP contribution >= 0.6 is 11.3 Å². The van der Waals surface area contributed by atoms with E-state index in [-0.39, 0.29) is 17.7 Å². The van der Waals surface area contributed by atoms with Gasteiger partial charge < -0.3 is 9.42 Å². The molecule has 1 aliphatic heterocycles. The second-order valence-electron chi connectivity index (χ2n) is 6.38. The maximum atomic E-state index is 12.5. The predicted octanol–water partition coefficient (Wildman–Crippen LogP) is 3.00. The van der Waals surface area contributed by atoms with Crippen molar-refractivity contribution in [2.24, 2.45) is 5.92 Å². The molecule has 128 valence electrons. The molecule has 1 aliphatic rings. The van der Waals surface area contributed by atoms with Crippen molar-refractivity contribution in [3.05, 3.63) is 52.8 Å². The first kappa shape index (κ1) is 16.0. The fourth-order valence-corrected chi connectivity index (χ4v) is 3.84. The van der Waals surface area contributed by atoms with Crippen molar-refractivity contribution in [2.45, 2.75) is 19.3 Å². The van der Waals surface area contributed by atoms with Gasteiger partial charge in [0.25, 0.3) is 0 Å². The summed E-state index contributed by atoms with van der Waals surface area (Å²) < 4.78 is 5.49. The number of carbonyl (C=O) groups is 1. The first-order valence-electron chi connectivity index (χ1n) is 8.23. The quantitative estimate of drug-likeness (QED) is 0.720. The number of nitrogens with zero attached hydrogens (tertiary/aromatic N) is 4. The lowest BCUT2D eigenvalue weighted by Gasteiger charge is -2.15. The van der Waals surface area contributed by atoms with Crippen molar-refractivity contribution in [3.8, 4) is 11.4 Å². The topological polar surface area (TPSA) is 72.1 Å². The molecular weight excluding hydrogens is 336 g/mol. The lowest BCUT2D eigenvalue weighted by molar-refractivity contribution is -0.129. The molecule has 7 heteroatoms. The Bertz CT molecular complexity index is 847. The van der Waals surface area contributed by atoms with Gasteiger partial charge in [-0.3, -0.25) is 9.78 Å². The van der Waals surface area contributed by atoms with Gasteiger partial charge in [-0.05, 0) is 40.4 Å². The van der Waals surface area contributed by atoms with Crippen LogP contribution in [0.15, 0.2) is 45.9 Å². The highest BCUT2D eigenvalue weighted by molar-refractivity contribution is 7.08. The van der Waals surface area contributed by atoms with E-state index in [4.69, 9.17) is 4.52 Å². The number of thiophene rings is 1. The van der Waals surface area contributed by atoms with Gasteiger partial charge in [-0.2, -0.15) is 16.3 Å². The molecule has 0 radical (unpaired) electrons. The molecule has 1 saturated heterocycles. The summed E-state index contributed by atoms with van der Waals surface area (Å²) in [7, 11) is 0. The molecular formula is C18H18N4O2S. The second kappa shape index (κ2) is 6.76. The van der Waals surface area contributed by atoms with E-state index in [1.54, 1.807) is 23.7 Å². The normalized spacial score (nSPS) is 20.1. The van der Waals surface area contributed by atoms with E-state index in [0.717, 1.165) is 17.7 Å². The Morgan fingerprint density at radius 2 is 2.16 bits per heavy atom. The van der Waals surface area contributed by atoms with Crippen LogP contribution in [-0.4, -0.2) is 39.0 Å². The SMILES string of the molecule is CC1CN(C(=O)Cc2ccsc2)CC1c1nc(-c2ccncc2)no1. The minimum absolute atomic E-state index is 0.0783. The summed E-state index contributed by atoms with van der Waals surface area (Å²) >= 11 is 1.61. The maximum Gasteiger partial charge on any atom is 0.232 e. The van der Waals surface area contributed by atoms with E-state index in [2.05, 4.69) is 22.0 Å². The molecule has 0 saturated carbocycles. The standard InChI is InChI=1S/C18H18N4O2S/c1-12-9-22(16(23)8-13-4-7-25-11-13)10-15(12)18-20-17(21-24-18)14-2-5-19-6-3-14/h2-7,11-12,15H,8-10H2,1H3. The average Bonchev–Trinajstić information content (AvgIpc) is 3.36. The number of amides is 1. The minimum atomic E-state index is 0.0783. The van der Waals surface area contributed by atoms with Crippen LogP contribution < -0.4 is 0 Å². The summed E-state index contributed by atoms with van der Waals surface area (Å²) in [5, 5.41) is 8.10. The van der Waals surface area contributed by atoms with Gasteiger partial charge in [0.15, 0.2) is 0 Å². The highest BCUT2D eigenvalue weighted by Crippen LogP contribution is 2.32. The third-order valence-corrected chi connectivity index (χ3v) is 5.33. The van der Waals surface area contributed by atoms with Crippen LogP contribution in [0.4, 0.5) is 0 Å². The molecule has 1 fully saturated rings. The molecule has 3 aromatic heterocycles. The lowest BCUT2D eigenvalue weighted by Crippen LogP contribution is -2.30. The number of hydrogen-bond acceptors (Lipinski definition) is 6. The van der Waals surface area contributed by atoms with E-state index >= 15 is 0 Å². The van der Waals surface area contributed by atoms with Crippen LogP contribution in [0.3, 0.4) is 0 Å². The van der Waals surface area contributed by atoms with Gasteiger partial charge in [0.2, 0.25) is 17.6 Å². The fraction of sp³-hybridized carbons (Fsp3) is 0.333. The molecule has 0 N–H and O–H groups in total. The van der Waals surface area contributed by atoms with Crippen molar-refractivity contribution < 1.29 is 9.32 Å². The van der Waals surface area contributed by atoms with Crippen LogP contribution in [0.25, 0.3) is 11.4 Å². The van der Waals surface area contributed by atoms with E-state index in [1.807, 2.05) is 33.9 Å². The zero-order chi connectivity index (χ0) is 17.2. The summed E-state index contributed by atoms with van der Waals surface area (Å²) in [6.07, 6.45) is 3.86. The summed E-state index contributed by atoms with van der Waals surface area (Å²) in [4.78, 5) is 23.0. The number of hydrogen-bond donors (Lipinski definition) is 0. The highest BCUT2D eigenvalue weighted by atomic mass is 32.1. The Morgan fingerprint density at radius 1 is 1.32 bits per heavy atom. The van der Waals surface area contributed by atoms with Crippen LogP contribution in [0, 0.1) is 5.92 Å². The van der Waals surface area contributed by atoms with Gasteiger partial charge in [-0.25, -0.2) is 0 Å². The predicted molar refractivity (Wildman–Crippen MR) is 94.0 cm³/mol. The summed E-state index contributed by atoms with van der Waals surface area (Å²) in [6, 6.07) is 5.70. The Labute approximate surface area is 149 Å². The molecule has 0 bridgehead atoms. The van der Waals surface area contributed by atoms with Crippen LogP contribution in [-0.2, 0) is 11.2 Å². The van der Waals surface area contributed by atoms with Crippen molar-refractivity contribution in [1.82, 2.24) is 20.0 Å². The molecule has 4 rings (SSSR count). The van der Waals surface area contributed by atoms with Gasteiger partial charge >= 0.3 is 0 Å². The summed E-state index contributed by atoms with van der Waals surface area (Å²) in [6.45, 7) is 3.47. The molecule has 6 nitrogen and oxygen atoms in total. The van der Waals surface area contributed by atoms with Crippen LogP contribution in [0.5, 0.6) is 0 Å². The zero-order valence-electron chi connectivity index (χ0n) is 13.8. The summed E-state index contributed by atoms with van der Waals surface area (Å²) in [5.74, 6) is 1.69.